The first kappa shape index (κ1) is 31.7. The second-order valence-corrected chi connectivity index (χ2v) is 12.2. The predicted molar refractivity (Wildman–Crippen MR) is 176 cm³/mol. The van der Waals surface area contributed by atoms with Crippen molar-refractivity contribution in [2.45, 2.75) is 26.3 Å². The Labute approximate surface area is 276 Å². The first-order valence-corrected chi connectivity index (χ1v) is 15.6. The van der Waals surface area contributed by atoms with Gasteiger partial charge in [0.25, 0.3) is 6.43 Å². The van der Waals surface area contributed by atoms with Crippen molar-refractivity contribution in [2.75, 3.05) is 25.5 Å². The van der Waals surface area contributed by atoms with Crippen molar-refractivity contribution in [1.29, 1.82) is 0 Å². The van der Waals surface area contributed by atoms with Gasteiger partial charge in [0, 0.05) is 46.1 Å². The van der Waals surface area contributed by atoms with Crippen LogP contribution in [0.25, 0.3) is 33.4 Å². The number of carboxylic acids is 1. The highest BCUT2D eigenvalue weighted by molar-refractivity contribution is 9.10. The van der Waals surface area contributed by atoms with E-state index in [9.17, 15) is 18.7 Å². The number of methoxy groups -OCH3 is 1. The Morgan fingerprint density at radius 2 is 1.89 bits per heavy atom. The summed E-state index contributed by atoms with van der Waals surface area (Å²) in [7, 11) is 1.55. The third kappa shape index (κ3) is 6.37. The van der Waals surface area contributed by atoms with E-state index in [1.807, 2.05) is 55.5 Å². The maximum absolute atomic E-state index is 13.7. The summed E-state index contributed by atoms with van der Waals surface area (Å²) in [6.07, 6.45) is -0.684. The molecular weight excluding hydrogens is 682 g/mol. The van der Waals surface area contributed by atoms with Crippen LogP contribution in [0.3, 0.4) is 0 Å². The van der Waals surface area contributed by atoms with Crippen LogP contribution in [0.5, 0.6) is 5.88 Å². The van der Waals surface area contributed by atoms with Gasteiger partial charge in [-0.3, -0.25) is 9.69 Å². The molecule has 0 spiro atoms. The lowest BCUT2D eigenvalue weighted by atomic mass is 9.96. The minimum Gasteiger partial charge on any atom is -0.481 e. The summed E-state index contributed by atoms with van der Waals surface area (Å²) < 4.78 is 33.6. The molecule has 3 aromatic heterocycles. The molecule has 46 heavy (non-hydrogen) atoms. The van der Waals surface area contributed by atoms with E-state index in [0.717, 1.165) is 22.3 Å². The molecule has 0 aliphatic carbocycles. The Morgan fingerprint density at radius 3 is 2.63 bits per heavy atom. The SMILES string of the molecule is COc1nc(-c2cccc(-c3cccc(Nc4nc(C(F)F)nc5cc(Br)cnc45)c3C)c2Cl)ccc1CN1CC[C@@H](C(=O)O)C1. The molecule has 1 fully saturated rings. The number of alkyl halides is 2. The van der Waals surface area contributed by atoms with Crippen LogP contribution in [0.2, 0.25) is 5.02 Å². The van der Waals surface area contributed by atoms with Crippen molar-refractivity contribution in [3.8, 4) is 28.3 Å². The van der Waals surface area contributed by atoms with Gasteiger partial charge in [0.15, 0.2) is 11.6 Å². The topological polar surface area (TPSA) is 113 Å². The number of rotatable bonds is 9. The van der Waals surface area contributed by atoms with Gasteiger partial charge in [0.2, 0.25) is 5.88 Å². The van der Waals surface area contributed by atoms with Gasteiger partial charge < -0.3 is 15.2 Å². The number of carboxylic acid groups (broad SMARTS) is 1. The highest BCUT2D eigenvalue weighted by Crippen LogP contribution is 2.40. The van der Waals surface area contributed by atoms with Crippen LogP contribution >= 0.6 is 27.5 Å². The highest BCUT2D eigenvalue weighted by atomic mass is 79.9. The second kappa shape index (κ2) is 13.2. The number of nitrogens with zero attached hydrogens (tertiary/aromatic N) is 5. The summed E-state index contributed by atoms with van der Waals surface area (Å²) in [5.41, 5.74) is 5.84. The predicted octanol–water partition coefficient (Wildman–Crippen LogP) is 8.07. The minimum absolute atomic E-state index is 0.164. The molecule has 2 aromatic carbocycles. The number of aliphatic carboxylic acids is 1. The molecule has 9 nitrogen and oxygen atoms in total. The van der Waals surface area contributed by atoms with Crippen molar-refractivity contribution in [2.24, 2.45) is 5.92 Å². The monoisotopic (exact) mass is 708 g/mol. The Hall–Kier alpha value is -4.26. The smallest absolute Gasteiger partial charge is 0.307 e. The van der Waals surface area contributed by atoms with E-state index in [0.29, 0.717) is 63.9 Å². The highest BCUT2D eigenvalue weighted by Gasteiger charge is 2.28. The summed E-state index contributed by atoms with van der Waals surface area (Å²) in [4.78, 5) is 30.7. The van der Waals surface area contributed by atoms with Gasteiger partial charge in [0.1, 0.15) is 5.52 Å². The molecule has 0 amide bonds. The van der Waals surface area contributed by atoms with Crippen LogP contribution in [0.15, 0.2) is 65.3 Å². The van der Waals surface area contributed by atoms with Crippen molar-refractivity contribution in [1.82, 2.24) is 24.8 Å². The number of fused-ring (bicyclic) bond motifs is 1. The summed E-state index contributed by atoms with van der Waals surface area (Å²) in [6, 6.07) is 16.7. The molecule has 5 aromatic rings. The van der Waals surface area contributed by atoms with E-state index in [2.05, 4.69) is 41.1 Å². The lowest BCUT2D eigenvalue weighted by Gasteiger charge is -2.18. The lowest BCUT2D eigenvalue weighted by Crippen LogP contribution is -2.23. The van der Waals surface area contributed by atoms with Crippen molar-refractivity contribution >= 4 is 56.0 Å². The average Bonchev–Trinajstić information content (AvgIpc) is 3.51. The second-order valence-electron chi connectivity index (χ2n) is 10.9. The van der Waals surface area contributed by atoms with Crippen LogP contribution in [-0.2, 0) is 11.3 Å². The summed E-state index contributed by atoms with van der Waals surface area (Å²) in [5.74, 6) is -1.13. The van der Waals surface area contributed by atoms with E-state index in [-0.39, 0.29) is 17.3 Å². The number of nitrogens with one attached hydrogen (secondary N) is 1. The number of likely N-dealkylation sites (tertiary alicyclic amines) is 1. The Bertz CT molecular complexity index is 1960. The zero-order chi connectivity index (χ0) is 32.5. The standard InChI is InChI=1S/C33H28BrClF2N6O3/c1-17-21(5-4-8-24(17)39-30-28-26(13-20(34)14-38-28)40-31(42-30)29(36)37)22-6-3-7-23(27(22)35)25-10-9-18(32(41-25)46-2)15-43-12-11-19(16-43)33(44)45/h3-10,13-14,19,29H,11-12,15-16H2,1-2H3,(H,44,45)(H,39,40,42)/t19-/m1/s1. The van der Waals surface area contributed by atoms with Gasteiger partial charge in [-0.15, -0.1) is 0 Å². The normalized spacial score (nSPS) is 15.1. The number of aromatic nitrogens is 4. The quantitative estimate of drug-likeness (QED) is 0.157. The fourth-order valence-corrected chi connectivity index (χ4v) is 6.30. The number of carbonyl (C=O) groups is 1. The number of hydrogen-bond donors (Lipinski definition) is 2. The molecule has 2 N–H and O–H groups in total. The third-order valence-corrected chi connectivity index (χ3v) is 8.86. The molecule has 6 rings (SSSR count). The Kier molecular flexibility index (Phi) is 9.12. The van der Waals surface area contributed by atoms with Gasteiger partial charge in [-0.25, -0.2) is 28.7 Å². The molecule has 0 radical (unpaired) electrons. The van der Waals surface area contributed by atoms with Gasteiger partial charge >= 0.3 is 5.97 Å². The van der Waals surface area contributed by atoms with Gasteiger partial charge in [0.05, 0.1) is 29.3 Å². The average molecular weight is 710 g/mol. The van der Waals surface area contributed by atoms with Crippen molar-refractivity contribution in [3.05, 3.63) is 87.2 Å². The van der Waals surface area contributed by atoms with Crippen LogP contribution in [0, 0.1) is 12.8 Å². The molecule has 1 saturated heterocycles. The van der Waals surface area contributed by atoms with E-state index >= 15 is 0 Å². The third-order valence-electron chi connectivity index (χ3n) is 8.01. The number of anilines is 2. The van der Waals surface area contributed by atoms with Crippen LogP contribution in [-0.4, -0.2) is 56.1 Å². The van der Waals surface area contributed by atoms with E-state index in [4.69, 9.17) is 21.3 Å². The number of ether oxygens (including phenoxy) is 1. The first-order valence-electron chi connectivity index (χ1n) is 14.4. The molecule has 236 valence electrons. The molecule has 1 atom stereocenters. The number of benzene rings is 2. The first-order chi connectivity index (χ1) is 22.1. The molecule has 4 heterocycles. The molecule has 13 heteroatoms. The summed E-state index contributed by atoms with van der Waals surface area (Å²) in [6.45, 7) is 3.61. The fraction of sp³-hybridized carbons (Fsp3) is 0.242. The summed E-state index contributed by atoms with van der Waals surface area (Å²) in [5, 5.41) is 13.0. The van der Waals surface area contributed by atoms with Crippen molar-refractivity contribution < 1.29 is 23.4 Å². The number of halogens is 4. The van der Waals surface area contributed by atoms with Crippen LogP contribution in [0.4, 0.5) is 20.3 Å². The summed E-state index contributed by atoms with van der Waals surface area (Å²) >= 11 is 10.4. The molecule has 0 saturated carbocycles. The molecular formula is C33H28BrClF2N6O3. The van der Waals surface area contributed by atoms with E-state index in [1.54, 1.807) is 19.4 Å². The lowest BCUT2D eigenvalue weighted by molar-refractivity contribution is -0.141. The van der Waals surface area contributed by atoms with E-state index in [1.165, 1.54) is 0 Å². The van der Waals surface area contributed by atoms with Gasteiger partial charge in [-0.2, -0.15) is 0 Å². The molecule has 0 bridgehead atoms. The minimum atomic E-state index is -2.86. The maximum Gasteiger partial charge on any atom is 0.307 e. The van der Waals surface area contributed by atoms with E-state index < -0.39 is 18.2 Å². The maximum atomic E-state index is 13.7. The zero-order valence-corrected chi connectivity index (χ0v) is 27.1. The van der Waals surface area contributed by atoms with Gasteiger partial charge in [-0.1, -0.05) is 48.0 Å². The number of pyridine rings is 2. The molecule has 0 unspecified atom stereocenters. The Morgan fingerprint density at radius 1 is 1.13 bits per heavy atom. The fourth-order valence-electron chi connectivity index (χ4n) is 5.66. The molecule has 1 aliphatic heterocycles. The van der Waals surface area contributed by atoms with Gasteiger partial charge in [-0.05, 0) is 65.1 Å². The van der Waals surface area contributed by atoms with Crippen molar-refractivity contribution in [3.63, 3.8) is 0 Å². The van der Waals surface area contributed by atoms with Crippen LogP contribution in [0.1, 0.15) is 29.8 Å². The van der Waals surface area contributed by atoms with Crippen LogP contribution < -0.4 is 10.1 Å². The molecule has 1 aliphatic rings. The number of hydrogen-bond acceptors (Lipinski definition) is 8. The Balaban J connectivity index is 1.32. The zero-order valence-electron chi connectivity index (χ0n) is 24.8. The largest absolute Gasteiger partial charge is 0.481 e.